The molecule has 7 nitrogen and oxygen atoms in total. The number of imidazole rings is 1. The van der Waals surface area contributed by atoms with Crippen LogP contribution in [0.1, 0.15) is 36.5 Å². The Kier molecular flexibility index (Phi) is 5.20. The minimum atomic E-state index is -0.180. The smallest absolute Gasteiger partial charge is 0.329 e. The Labute approximate surface area is 168 Å². The molecule has 1 heterocycles. The number of hydrogen-bond donors (Lipinski definition) is 2. The van der Waals surface area contributed by atoms with Gasteiger partial charge in [-0.15, -0.1) is 0 Å². The van der Waals surface area contributed by atoms with E-state index in [-0.39, 0.29) is 23.9 Å². The summed E-state index contributed by atoms with van der Waals surface area (Å²) in [6.45, 7) is 2.82. The largest absolute Gasteiger partial charge is 0.349 e. The molecule has 0 saturated heterocycles. The average Bonchev–Trinajstić information content (AvgIpc) is 3.49. The predicted octanol–water partition coefficient (Wildman–Crippen LogP) is 2.74. The normalized spacial score (nSPS) is 13.4. The van der Waals surface area contributed by atoms with Crippen LogP contribution in [0.15, 0.2) is 53.3 Å². The van der Waals surface area contributed by atoms with Crippen LogP contribution < -0.4 is 16.3 Å². The molecule has 1 saturated carbocycles. The van der Waals surface area contributed by atoms with Gasteiger partial charge in [0.1, 0.15) is 0 Å². The van der Waals surface area contributed by atoms with Gasteiger partial charge in [0.05, 0.1) is 11.0 Å². The van der Waals surface area contributed by atoms with E-state index >= 15 is 0 Å². The van der Waals surface area contributed by atoms with Crippen LogP contribution in [-0.2, 0) is 17.9 Å². The Morgan fingerprint density at radius 2 is 1.66 bits per heavy atom. The van der Waals surface area contributed by atoms with E-state index in [1.54, 1.807) is 33.4 Å². The maximum atomic E-state index is 12.6. The Bertz CT molecular complexity index is 1110. The first-order valence-corrected chi connectivity index (χ1v) is 9.95. The number of hydrogen-bond acceptors (Lipinski definition) is 3. The number of rotatable bonds is 7. The van der Waals surface area contributed by atoms with Crippen molar-refractivity contribution in [2.24, 2.45) is 0 Å². The van der Waals surface area contributed by atoms with E-state index in [2.05, 4.69) is 10.6 Å². The Hall–Kier alpha value is -3.35. The molecule has 1 aromatic heterocycles. The second kappa shape index (κ2) is 7.95. The monoisotopic (exact) mass is 392 g/mol. The zero-order chi connectivity index (χ0) is 20.4. The summed E-state index contributed by atoms with van der Waals surface area (Å²) in [6.07, 6.45) is 2.27. The summed E-state index contributed by atoms with van der Waals surface area (Å²) in [6, 6.07) is 14.7. The highest BCUT2D eigenvalue weighted by Gasteiger charge is 2.23. The highest BCUT2D eigenvalue weighted by Crippen LogP contribution is 2.20. The number of aryl methyl sites for hydroxylation is 2. The number of nitrogens with one attached hydrogen (secondary N) is 2. The van der Waals surface area contributed by atoms with Gasteiger partial charge in [0, 0.05) is 36.8 Å². The van der Waals surface area contributed by atoms with Crippen molar-refractivity contribution in [2.75, 3.05) is 5.32 Å². The Balaban J connectivity index is 1.39. The highest BCUT2D eigenvalue weighted by molar-refractivity contribution is 5.96. The minimum Gasteiger partial charge on any atom is -0.349 e. The molecule has 1 aliphatic carbocycles. The first-order valence-electron chi connectivity index (χ1n) is 9.95. The fourth-order valence-electron chi connectivity index (χ4n) is 3.43. The first-order chi connectivity index (χ1) is 14.1. The third-order valence-electron chi connectivity index (χ3n) is 5.15. The predicted molar refractivity (Wildman–Crippen MR) is 112 cm³/mol. The number of para-hydroxylation sites is 2. The zero-order valence-corrected chi connectivity index (χ0v) is 16.4. The lowest BCUT2D eigenvalue weighted by Crippen LogP contribution is -2.26. The van der Waals surface area contributed by atoms with Crippen molar-refractivity contribution < 1.29 is 9.59 Å². The summed E-state index contributed by atoms with van der Waals surface area (Å²) >= 11 is 0. The third-order valence-corrected chi connectivity index (χ3v) is 5.15. The van der Waals surface area contributed by atoms with Crippen molar-refractivity contribution in [3.63, 3.8) is 0 Å². The second-order valence-electron chi connectivity index (χ2n) is 7.29. The second-order valence-corrected chi connectivity index (χ2v) is 7.29. The topological polar surface area (TPSA) is 85.1 Å². The van der Waals surface area contributed by atoms with Crippen LogP contribution in [0, 0.1) is 0 Å². The van der Waals surface area contributed by atoms with Crippen LogP contribution in [0.2, 0.25) is 0 Å². The third kappa shape index (κ3) is 4.08. The lowest BCUT2D eigenvalue weighted by Gasteiger charge is -2.08. The van der Waals surface area contributed by atoms with Crippen LogP contribution in [0.5, 0.6) is 0 Å². The molecule has 1 fully saturated rings. The quantitative estimate of drug-likeness (QED) is 0.648. The maximum absolute atomic E-state index is 12.6. The van der Waals surface area contributed by atoms with E-state index in [9.17, 15) is 14.4 Å². The number of nitrogens with zero attached hydrogens (tertiary/aromatic N) is 2. The summed E-state index contributed by atoms with van der Waals surface area (Å²) in [5.41, 5.74) is 2.81. The van der Waals surface area contributed by atoms with Gasteiger partial charge in [-0.3, -0.25) is 18.7 Å². The van der Waals surface area contributed by atoms with Crippen LogP contribution in [0.25, 0.3) is 11.0 Å². The molecule has 0 bridgehead atoms. The van der Waals surface area contributed by atoms with Crippen molar-refractivity contribution in [1.82, 2.24) is 14.5 Å². The molecular weight excluding hydrogens is 368 g/mol. The lowest BCUT2D eigenvalue weighted by molar-refractivity contribution is -0.116. The van der Waals surface area contributed by atoms with Gasteiger partial charge in [0.15, 0.2) is 0 Å². The molecule has 1 aliphatic rings. The molecule has 7 heteroatoms. The zero-order valence-electron chi connectivity index (χ0n) is 16.4. The molecule has 0 unspecified atom stereocenters. The number of carbonyl (C=O) groups is 2. The van der Waals surface area contributed by atoms with Gasteiger partial charge >= 0.3 is 5.69 Å². The molecule has 4 rings (SSSR count). The lowest BCUT2D eigenvalue weighted by atomic mass is 10.2. The summed E-state index contributed by atoms with van der Waals surface area (Å²) in [5.74, 6) is -0.266. The van der Waals surface area contributed by atoms with Crippen molar-refractivity contribution >= 4 is 28.5 Å². The molecule has 2 aromatic carbocycles. The van der Waals surface area contributed by atoms with Gasteiger partial charge in [0.25, 0.3) is 5.91 Å². The van der Waals surface area contributed by atoms with Gasteiger partial charge < -0.3 is 10.6 Å². The maximum Gasteiger partial charge on any atom is 0.329 e. The van der Waals surface area contributed by atoms with E-state index < -0.39 is 0 Å². The molecule has 0 spiro atoms. The van der Waals surface area contributed by atoms with Crippen LogP contribution in [-0.4, -0.2) is 27.0 Å². The Morgan fingerprint density at radius 3 is 2.28 bits per heavy atom. The van der Waals surface area contributed by atoms with Crippen molar-refractivity contribution in [1.29, 1.82) is 0 Å². The molecule has 0 radical (unpaired) electrons. The fraction of sp³-hybridized carbons (Fsp3) is 0.318. The number of fused-ring (bicyclic) bond motifs is 1. The van der Waals surface area contributed by atoms with Crippen molar-refractivity contribution in [3.8, 4) is 0 Å². The van der Waals surface area contributed by atoms with E-state index in [0.717, 1.165) is 23.9 Å². The molecule has 0 atom stereocenters. The van der Waals surface area contributed by atoms with Crippen molar-refractivity contribution in [2.45, 2.75) is 45.3 Å². The molecule has 150 valence electrons. The number of anilines is 1. The van der Waals surface area contributed by atoms with Crippen LogP contribution in [0.4, 0.5) is 5.69 Å². The molecular formula is C22H24N4O3. The molecule has 3 aromatic rings. The van der Waals surface area contributed by atoms with E-state index in [0.29, 0.717) is 30.4 Å². The SMILES string of the molecule is CCn1c(=O)n(CCC(=O)Nc2ccc(C(=O)NC3CC3)cc2)c2ccccc21. The summed E-state index contributed by atoms with van der Waals surface area (Å²) in [7, 11) is 0. The standard InChI is InChI=1S/C22H24N4O3/c1-2-25-18-5-3-4-6-19(18)26(22(25)29)14-13-20(27)23-16-9-7-15(8-10-16)21(28)24-17-11-12-17/h3-10,17H,2,11-14H2,1H3,(H,23,27)(H,24,28). The molecule has 0 aliphatic heterocycles. The minimum absolute atomic E-state index is 0.0861. The fourth-order valence-corrected chi connectivity index (χ4v) is 3.43. The Morgan fingerprint density at radius 1 is 1.00 bits per heavy atom. The van der Waals surface area contributed by atoms with Crippen LogP contribution >= 0.6 is 0 Å². The molecule has 2 amide bonds. The summed E-state index contributed by atoms with van der Waals surface area (Å²) < 4.78 is 3.35. The molecule has 29 heavy (non-hydrogen) atoms. The van der Waals surface area contributed by atoms with Gasteiger partial charge in [-0.1, -0.05) is 12.1 Å². The first kappa shape index (κ1) is 19.0. The van der Waals surface area contributed by atoms with E-state index in [1.807, 2.05) is 31.2 Å². The number of carbonyl (C=O) groups excluding carboxylic acids is 2. The number of amides is 2. The van der Waals surface area contributed by atoms with Crippen molar-refractivity contribution in [3.05, 3.63) is 64.6 Å². The van der Waals surface area contributed by atoms with E-state index in [1.165, 1.54) is 0 Å². The van der Waals surface area contributed by atoms with Gasteiger partial charge in [-0.2, -0.15) is 0 Å². The summed E-state index contributed by atoms with van der Waals surface area (Å²) in [5, 5.41) is 5.76. The van der Waals surface area contributed by atoms with Gasteiger partial charge in [0.2, 0.25) is 5.91 Å². The molecule has 2 N–H and O–H groups in total. The van der Waals surface area contributed by atoms with Gasteiger partial charge in [-0.25, -0.2) is 4.79 Å². The summed E-state index contributed by atoms with van der Waals surface area (Å²) in [4.78, 5) is 37.0. The van der Waals surface area contributed by atoms with Crippen LogP contribution in [0.3, 0.4) is 0 Å². The van der Waals surface area contributed by atoms with Gasteiger partial charge in [-0.05, 0) is 56.2 Å². The number of aromatic nitrogens is 2. The average molecular weight is 392 g/mol. The number of benzene rings is 2. The van der Waals surface area contributed by atoms with E-state index in [4.69, 9.17) is 0 Å². The highest BCUT2D eigenvalue weighted by atomic mass is 16.2.